The monoisotopic (exact) mass is 473 g/mol. The highest BCUT2D eigenvalue weighted by Gasteiger charge is 2.32. The van der Waals surface area contributed by atoms with Crippen molar-refractivity contribution in [1.82, 2.24) is 10.6 Å². The minimum atomic E-state index is -1.85. The van der Waals surface area contributed by atoms with E-state index < -0.39 is 32.2 Å². The number of anilines is 1. The van der Waals surface area contributed by atoms with Crippen LogP contribution in [0.15, 0.2) is 42.5 Å². The van der Waals surface area contributed by atoms with E-state index in [1.165, 1.54) is 6.07 Å². The van der Waals surface area contributed by atoms with Crippen molar-refractivity contribution < 1.29 is 23.8 Å². The summed E-state index contributed by atoms with van der Waals surface area (Å²) < 4.78 is 19.8. The minimum Gasteiger partial charge on any atom is -0.380 e. The maximum atomic E-state index is 14.7. The van der Waals surface area contributed by atoms with Gasteiger partial charge in [-0.15, -0.1) is 0 Å². The number of carbonyl (C=O) groups excluding carboxylic acids is 2. The van der Waals surface area contributed by atoms with Crippen LogP contribution >= 0.6 is 0 Å². The van der Waals surface area contributed by atoms with Gasteiger partial charge in [0, 0.05) is 19.3 Å². The van der Waals surface area contributed by atoms with Gasteiger partial charge in [0.2, 0.25) is 5.91 Å². The fraction of sp³-hybridized carbons (Fsp3) is 0.417. The second kappa shape index (κ2) is 10.6. The van der Waals surface area contributed by atoms with Gasteiger partial charge >= 0.3 is 0 Å². The van der Waals surface area contributed by atoms with E-state index in [1.807, 2.05) is 12.1 Å². The van der Waals surface area contributed by atoms with Gasteiger partial charge in [-0.1, -0.05) is 50.0 Å². The lowest BCUT2D eigenvalue weighted by Gasteiger charge is -2.22. The molecule has 2 aromatic rings. The summed E-state index contributed by atoms with van der Waals surface area (Å²) in [5, 5.41) is 18.7. The third-order valence-corrected chi connectivity index (χ3v) is 7.72. The first-order chi connectivity index (χ1) is 15.6. The van der Waals surface area contributed by atoms with Crippen LogP contribution in [-0.4, -0.2) is 44.9 Å². The summed E-state index contributed by atoms with van der Waals surface area (Å²) in [6, 6.07) is 10.9. The van der Waals surface area contributed by atoms with Gasteiger partial charge in [0.25, 0.3) is 5.91 Å². The van der Waals surface area contributed by atoms with Crippen molar-refractivity contribution in [2.75, 3.05) is 19.0 Å². The second-order valence-electron chi connectivity index (χ2n) is 9.41. The molecule has 1 aliphatic heterocycles. The molecule has 33 heavy (non-hydrogen) atoms. The largest absolute Gasteiger partial charge is 0.380 e. The number of hydrogen-bond donors (Lipinski definition) is 4. The van der Waals surface area contributed by atoms with Crippen molar-refractivity contribution in [3.8, 4) is 0 Å². The van der Waals surface area contributed by atoms with Crippen molar-refractivity contribution in [3.05, 3.63) is 59.4 Å². The topological polar surface area (TPSA) is 99.7 Å². The van der Waals surface area contributed by atoms with E-state index in [0.717, 1.165) is 5.56 Å². The summed E-state index contributed by atoms with van der Waals surface area (Å²) in [5.74, 6) is -1.60. The van der Waals surface area contributed by atoms with Crippen LogP contribution in [-0.2, 0) is 20.9 Å². The third kappa shape index (κ3) is 6.48. The SMILES string of the molecule is COCc1ccc([C@@H](NC(=O)[C@H]2CNC(O)C2)C(=O)Nc2ccc([Si](C)(C)C)c(F)c2)cc1. The lowest BCUT2D eigenvalue weighted by atomic mass is 10.0. The van der Waals surface area contributed by atoms with E-state index in [2.05, 4.69) is 35.6 Å². The smallest absolute Gasteiger partial charge is 0.251 e. The maximum Gasteiger partial charge on any atom is 0.251 e. The summed E-state index contributed by atoms with van der Waals surface area (Å²) in [6.07, 6.45) is -0.467. The van der Waals surface area contributed by atoms with Gasteiger partial charge in [0.1, 0.15) is 18.1 Å². The number of aliphatic hydroxyl groups excluding tert-OH is 1. The molecule has 0 aromatic heterocycles. The van der Waals surface area contributed by atoms with Crippen LogP contribution in [0.3, 0.4) is 0 Å². The lowest BCUT2D eigenvalue weighted by molar-refractivity contribution is -0.129. The average Bonchev–Trinajstić information content (AvgIpc) is 3.18. The van der Waals surface area contributed by atoms with Crippen LogP contribution in [0.1, 0.15) is 23.6 Å². The zero-order chi connectivity index (χ0) is 24.2. The Morgan fingerprint density at radius 3 is 2.45 bits per heavy atom. The zero-order valence-corrected chi connectivity index (χ0v) is 20.4. The molecule has 0 radical (unpaired) electrons. The van der Waals surface area contributed by atoms with Crippen LogP contribution in [0, 0.1) is 11.7 Å². The van der Waals surface area contributed by atoms with Gasteiger partial charge in [-0.2, -0.15) is 0 Å². The fourth-order valence-corrected chi connectivity index (χ4v) is 5.24. The van der Waals surface area contributed by atoms with Crippen molar-refractivity contribution in [3.63, 3.8) is 0 Å². The summed E-state index contributed by atoms with van der Waals surface area (Å²) in [6.45, 7) is 6.92. The molecule has 3 rings (SSSR count). The predicted octanol–water partition coefficient (Wildman–Crippen LogP) is 2.24. The molecule has 0 spiro atoms. The first-order valence-corrected chi connectivity index (χ1v) is 14.5. The van der Waals surface area contributed by atoms with Crippen LogP contribution < -0.4 is 21.1 Å². The number of amides is 2. The Bertz CT molecular complexity index is 994. The molecule has 9 heteroatoms. The third-order valence-electron chi connectivity index (χ3n) is 5.70. The van der Waals surface area contributed by atoms with Crippen molar-refractivity contribution in [2.24, 2.45) is 5.92 Å². The fourth-order valence-electron chi connectivity index (χ4n) is 3.86. The second-order valence-corrected chi connectivity index (χ2v) is 14.4. The molecule has 0 saturated carbocycles. The van der Waals surface area contributed by atoms with E-state index >= 15 is 0 Å². The maximum absolute atomic E-state index is 14.7. The zero-order valence-electron chi connectivity index (χ0n) is 19.4. The molecule has 1 fully saturated rings. The summed E-state index contributed by atoms with van der Waals surface area (Å²) >= 11 is 0. The van der Waals surface area contributed by atoms with E-state index in [1.54, 1.807) is 31.4 Å². The normalized spacial score (nSPS) is 19.2. The molecule has 2 amide bonds. The van der Waals surface area contributed by atoms with Gasteiger partial charge in [-0.05, 0) is 34.9 Å². The Labute approximate surface area is 194 Å². The molecular formula is C24H32FN3O4Si. The number of halogens is 1. The van der Waals surface area contributed by atoms with Crippen LogP contribution in [0.4, 0.5) is 10.1 Å². The van der Waals surface area contributed by atoms with Gasteiger partial charge in [0.15, 0.2) is 0 Å². The molecule has 1 unspecified atom stereocenters. The van der Waals surface area contributed by atoms with E-state index in [4.69, 9.17) is 4.74 Å². The number of ether oxygens (including phenoxy) is 1. The quantitative estimate of drug-likeness (QED) is 0.441. The molecule has 1 saturated heterocycles. The molecule has 2 aromatic carbocycles. The van der Waals surface area contributed by atoms with Gasteiger partial charge in [0.05, 0.1) is 20.6 Å². The van der Waals surface area contributed by atoms with Crippen molar-refractivity contribution in [1.29, 1.82) is 0 Å². The molecule has 0 aliphatic carbocycles. The number of hydrogen-bond acceptors (Lipinski definition) is 5. The molecular weight excluding hydrogens is 441 g/mol. The highest BCUT2D eigenvalue weighted by molar-refractivity contribution is 6.88. The van der Waals surface area contributed by atoms with Gasteiger partial charge < -0.3 is 20.5 Å². The van der Waals surface area contributed by atoms with Crippen LogP contribution in [0.5, 0.6) is 0 Å². The van der Waals surface area contributed by atoms with Crippen molar-refractivity contribution >= 4 is 30.8 Å². The number of carbonyl (C=O) groups is 2. The van der Waals surface area contributed by atoms with Crippen LogP contribution in [0.25, 0.3) is 0 Å². The molecule has 1 heterocycles. The summed E-state index contributed by atoms with van der Waals surface area (Å²) in [4.78, 5) is 26.0. The Morgan fingerprint density at radius 1 is 1.21 bits per heavy atom. The Hall–Kier alpha value is -2.59. The predicted molar refractivity (Wildman–Crippen MR) is 128 cm³/mol. The highest BCUT2D eigenvalue weighted by Crippen LogP contribution is 2.21. The highest BCUT2D eigenvalue weighted by atomic mass is 28.3. The Morgan fingerprint density at radius 2 is 1.91 bits per heavy atom. The molecule has 4 N–H and O–H groups in total. The number of methoxy groups -OCH3 is 1. The average molecular weight is 474 g/mol. The Balaban J connectivity index is 1.82. The molecule has 3 atom stereocenters. The molecule has 0 bridgehead atoms. The first kappa shape index (κ1) is 25.0. The number of rotatable bonds is 8. The summed E-state index contributed by atoms with van der Waals surface area (Å²) in [7, 11) is -0.253. The standard InChI is InChI=1S/C24H32FN3O4Si/c1-32-14-15-5-7-16(8-6-15)22(28-23(30)17-11-21(29)26-13-17)24(31)27-18-9-10-20(19(25)12-18)33(2,3)4/h5-10,12,17,21-22,26,29H,11,13-14H2,1-4H3,(H,27,31)(H,28,30)/t17-,21?,22-/m1/s1. The lowest BCUT2D eigenvalue weighted by Crippen LogP contribution is -2.41. The van der Waals surface area contributed by atoms with E-state index in [-0.39, 0.29) is 18.1 Å². The number of aliphatic hydroxyl groups is 1. The van der Waals surface area contributed by atoms with E-state index in [0.29, 0.717) is 29.6 Å². The number of benzene rings is 2. The van der Waals surface area contributed by atoms with Gasteiger partial charge in [-0.25, -0.2) is 4.39 Å². The molecule has 1 aliphatic rings. The number of nitrogens with one attached hydrogen (secondary N) is 3. The van der Waals surface area contributed by atoms with Crippen molar-refractivity contribution in [2.45, 2.75) is 44.9 Å². The Kier molecular flexibility index (Phi) is 8.01. The molecule has 7 nitrogen and oxygen atoms in total. The molecule has 178 valence electrons. The minimum absolute atomic E-state index is 0.274. The first-order valence-electron chi connectivity index (χ1n) is 11.0. The van der Waals surface area contributed by atoms with Gasteiger partial charge in [-0.3, -0.25) is 14.9 Å². The van der Waals surface area contributed by atoms with E-state index in [9.17, 15) is 19.1 Å². The van der Waals surface area contributed by atoms with Crippen LogP contribution in [0.2, 0.25) is 19.6 Å². The summed E-state index contributed by atoms with van der Waals surface area (Å²) in [5.41, 5.74) is 1.85.